The van der Waals surface area contributed by atoms with E-state index in [4.69, 9.17) is 5.21 Å². The van der Waals surface area contributed by atoms with Crippen molar-refractivity contribution in [3.63, 3.8) is 0 Å². The van der Waals surface area contributed by atoms with Crippen molar-refractivity contribution in [3.8, 4) is 0 Å². The van der Waals surface area contributed by atoms with Gasteiger partial charge in [0.2, 0.25) is 0 Å². The summed E-state index contributed by atoms with van der Waals surface area (Å²) < 4.78 is 0. The zero-order valence-corrected chi connectivity index (χ0v) is 6.90. The van der Waals surface area contributed by atoms with Gasteiger partial charge in [-0.1, -0.05) is 0 Å². The van der Waals surface area contributed by atoms with Gasteiger partial charge in [-0.25, -0.2) is 0 Å². The van der Waals surface area contributed by atoms with Gasteiger partial charge in [0, 0.05) is 32.7 Å². The Morgan fingerprint density at radius 1 is 1.36 bits per heavy atom. The van der Waals surface area contributed by atoms with Gasteiger partial charge in [-0.2, -0.15) is 0 Å². The Morgan fingerprint density at radius 3 is 2.55 bits per heavy atom. The van der Waals surface area contributed by atoms with Crippen LogP contribution in [0.4, 0.5) is 0 Å². The topological polar surface area (TPSA) is 39.1 Å². The lowest BCUT2D eigenvalue weighted by Crippen LogP contribution is -2.44. The SMILES string of the molecule is CN1CCN(CC=NO)CC1. The highest BCUT2D eigenvalue weighted by Crippen LogP contribution is 1.96. The lowest BCUT2D eigenvalue weighted by Gasteiger charge is -2.31. The molecule has 1 rings (SSSR count). The van der Waals surface area contributed by atoms with Crippen LogP contribution >= 0.6 is 0 Å². The predicted octanol–water partition coefficient (Wildman–Crippen LogP) is -0.306. The van der Waals surface area contributed by atoms with E-state index in [9.17, 15) is 0 Å². The van der Waals surface area contributed by atoms with Crippen LogP contribution in [0, 0.1) is 0 Å². The fourth-order valence-corrected chi connectivity index (χ4v) is 1.18. The largest absolute Gasteiger partial charge is 0.411 e. The van der Waals surface area contributed by atoms with Crippen LogP contribution < -0.4 is 0 Å². The number of rotatable bonds is 2. The van der Waals surface area contributed by atoms with E-state index in [1.165, 1.54) is 6.21 Å². The molecular weight excluding hydrogens is 142 g/mol. The van der Waals surface area contributed by atoms with Gasteiger partial charge >= 0.3 is 0 Å². The van der Waals surface area contributed by atoms with E-state index in [-0.39, 0.29) is 0 Å². The molecule has 0 atom stereocenters. The lowest BCUT2D eigenvalue weighted by atomic mass is 10.3. The molecule has 4 nitrogen and oxygen atoms in total. The number of nitrogens with zero attached hydrogens (tertiary/aromatic N) is 3. The maximum Gasteiger partial charge on any atom is 0.0576 e. The highest BCUT2D eigenvalue weighted by atomic mass is 16.4. The Bertz CT molecular complexity index is 130. The summed E-state index contributed by atoms with van der Waals surface area (Å²) in [6.45, 7) is 5.13. The van der Waals surface area contributed by atoms with Gasteiger partial charge < -0.3 is 10.1 Å². The standard InChI is InChI=1S/C7H15N3O/c1-9-4-6-10(7-5-9)3-2-8-11/h2,11H,3-7H2,1H3. The van der Waals surface area contributed by atoms with E-state index >= 15 is 0 Å². The second-order valence-electron chi connectivity index (χ2n) is 2.90. The maximum absolute atomic E-state index is 8.18. The zero-order chi connectivity index (χ0) is 8.10. The summed E-state index contributed by atoms with van der Waals surface area (Å²) in [5, 5.41) is 11.1. The number of hydrogen-bond donors (Lipinski definition) is 1. The summed E-state index contributed by atoms with van der Waals surface area (Å²) in [4.78, 5) is 4.56. The number of likely N-dealkylation sites (N-methyl/N-ethyl adjacent to an activating group) is 1. The maximum atomic E-state index is 8.18. The van der Waals surface area contributed by atoms with Crippen molar-refractivity contribution in [2.45, 2.75) is 0 Å². The van der Waals surface area contributed by atoms with Crippen LogP contribution in [0.2, 0.25) is 0 Å². The number of hydrogen-bond acceptors (Lipinski definition) is 4. The van der Waals surface area contributed by atoms with Gasteiger partial charge in [0.1, 0.15) is 0 Å². The normalized spacial score (nSPS) is 23.0. The summed E-state index contributed by atoms with van der Waals surface area (Å²) >= 11 is 0. The van der Waals surface area contributed by atoms with Crippen molar-refractivity contribution in [2.75, 3.05) is 39.8 Å². The van der Waals surface area contributed by atoms with Gasteiger partial charge in [-0.05, 0) is 7.05 Å². The molecule has 0 spiro atoms. The Balaban J connectivity index is 2.17. The molecule has 0 saturated carbocycles. The Hall–Kier alpha value is -0.610. The van der Waals surface area contributed by atoms with Crippen LogP contribution in [0.5, 0.6) is 0 Å². The second-order valence-corrected chi connectivity index (χ2v) is 2.90. The van der Waals surface area contributed by atoms with Crippen LogP contribution in [0.3, 0.4) is 0 Å². The molecule has 1 aliphatic heterocycles. The van der Waals surface area contributed by atoms with Crippen molar-refractivity contribution >= 4 is 6.21 Å². The van der Waals surface area contributed by atoms with Gasteiger partial charge in [0.05, 0.1) is 6.21 Å². The Kier molecular flexibility index (Phi) is 3.32. The summed E-state index contributed by atoms with van der Waals surface area (Å²) in [5.74, 6) is 0. The summed E-state index contributed by atoms with van der Waals surface area (Å²) in [6, 6.07) is 0. The molecule has 1 N–H and O–H groups in total. The van der Waals surface area contributed by atoms with Gasteiger partial charge in [0.25, 0.3) is 0 Å². The average Bonchev–Trinajstić information content (AvgIpc) is 2.04. The molecule has 0 aromatic rings. The molecule has 0 aromatic heterocycles. The molecule has 0 bridgehead atoms. The quantitative estimate of drug-likeness (QED) is 0.339. The van der Waals surface area contributed by atoms with Crippen molar-refractivity contribution < 1.29 is 5.21 Å². The summed E-state index contributed by atoms with van der Waals surface area (Å²) in [7, 11) is 2.12. The molecule has 11 heavy (non-hydrogen) atoms. The minimum Gasteiger partial charge on any atom is -0.411 e. The number of piperazine rings is 1. The van der Waals surface area contributed by atoms with Crippen LogP contribution in [0.1, 0.15) is 0 Å². The van der Waals surface area contributed by atoms with Gasteiger partial charge in [-0.15, -0.1) is 5.16 Å². The average molecular weight is 157 g/mol. The molecule has 1 heterocycles. The third kappa shape index (κ3) is 2.86. The minimum atomic E-state index is 0.768. The molecule has 1 fully saturated rings. The molecular formula is C7H15N3O. The highest BCUT2D eigenvalue weighted by Gasteiger charge is 2.11. The molecule has 0 radical (unpaired) electrons. The first-order valence-electron chi connectivity index (χ1n) is 3.89. The van der Waals surface area contributed by atoms with Crippen molar-refractivity contribution in [1.82, 2.24) is 9.80 Å². The van der Waals surface area contributed by atoms with E-state index in [1.807, 2.05) is 0 Å². The smallest absolute Gasteiger partial charge is 0.0576 e. The molecule has 0 aliphatic carbocycles. The molecule has 0 aromatic carbocycles. The fourth-order valence-electron chi connectivity index (χ4n) is 1.18. The predicted molar refractivity (Wildman–Crippen MR) is 44.2 cm³/mol. The summed E-state index contributed by atoms with van der Waals surface area (Å²) in [5.41, 5.74) is 0. The molecule has 0 amide bonds. The third-order valence-electron chi connectivity index (χ3n) is 2.02. The molecule has 0 unspecified atom stereocenters. The van der Waals surface area contributed by atoms with E-state index in [0.29, 0.717) is 0 Å². The van der Waals surface area contributed by atoms with Crippen molar-refractivity contribution in [1.29, 1.82) is 0 Å². The zero-order valence-electron chi connectivity index (χ0n) is 6.90. The first-order chi connectivity index (χ1) is 5.33. The first kappa shape index (κ1) is 8.49. The minimum absolute atomic E-state index is 0.768. The van der Waals surface area contributed by atoms with Gasteiger partial charge in [-0.3, -0.25) is 4.90 Å². The number of oxime groups is 1. The molecule has 1 saturated heterocycles. The lowest BCUT2D eigenvalue weighted by molar-refractivity contribution is 0.170. The molecule has 4 heteroatoms. The van der Waals surface area contributed by atoms with Crippen molar-refractivity contribution in [3.05, 3.63) is 0 Å². The van der Waals surface area contributed by atoms with E-state index in [2.05, 4.69) is 22.0 Å². The Morgan fingerprint density at radius 2 is 2.00 bits per heavy atom. The van der Waals surface area contributed by atoms with Crippen LogP contribution in [0.15, 0.2) is 5.16 Å². The second kappa shape index (κ2) is 4.31. The van der Waals surface area contributed by atoms with E-state index in [0.717, 1.165) is 32.7 Å². The molecule has 1 aliphatic rings. The van der Waals surface area contributed by atoms with Crippen molar-refractivity contribution in [2.24, 2.45) is 5.16 Å². The fraction of sp³-hybridized carbons (Fsp3) is 0.857. The van der Waals surface area contributed by atoms with Crippen LogP contribution in [-0.2, 0) is 0 Å². The molecule has 64 valence electrons. The van der Waals surface area contributed by atoms with Crippen LogP contribution in [0.25, 0.3) is 0 Å². The highest BCUT2D eigenvalue weighted by molar-refractivity contribution is 5.58. The summed E-state index contributed by atoms with van der Waals surface area (Å²) in [6.07, 6.45) is 1.53. The van der Waals surface area contributed by atoms with Gasteiger partial charge in [0.15, 0.2) is 0 Å². The third-order valence-corrected chi connectivity index (χ3v) is 2.02. The Labute approximate surface area is 67.1 Å². The monoisotopic (exact) mass is 157 g/mol. The van der Waals surface area contributed by atoms with Crippen LogP contribution in [-0.4, -0.2) is 61.0 Å². The first-order valence-corrected chi connectivity index (χ1v) is 3.89. The van der Waals surface area contributed by atoms with E-state index < -0.39 is 0 Å². The van der Waals surface area contributed by atoms with E-state index in [1.54, 1.807) is 0 Å².